The normalized spacial score (nSPS) is 19.9. The van der Waals surface area contributed by atoms with Crippen LogP contribution in [0.1, 0.15) is 24.2 Å². The molecule has 0 bridgehead atoms. The third-order valence-electron chi connectivity index (χ3n) is 5.83. The standard InChI is InChI=1S/C21H28N6O3/c1-25(2)20(29)26-12-6-21(7-13-26)19-24-11-14-27(19)15-17(30-21)18(28)23-10-5-16-3-8-22-9-4-16/h3-4,8-9,11,14,17H,5-7,10,12-13,15H2,1-2H3,(H,23,28). The van der Waals surface area contributed by atoms with Gasteiger partial charge < -0.3 is 24.4 Å². The number of rotatable bonds is 4. The number of carbonyl (C=O) groups excluding carboxylic acids is 2. The Morgan fingerprint density at radius 1 is 1.23 bits per heavy atom. The van der Waals surface area contributed by atoms with E-state index in [-0.39, 0.29) is 11.9 Å². The number of carbonyl (C=O) groups is 2. The Balaban J connectivity index is 1.41. The van der Waals surface area contributed by atoms with E-state index in [2.05, 4.69) is 15.3 Å². The zero-order valence-corrected chi connectivity index (χ0v) is 17.5. The summed E-state index contributed by atoms with van der Waals surface area (Å²) in [7, 11) is 3.51. The second-order valence-electron chi connectivity index (χ2n) is 8.06. The maximum absolute atomic E-state index is 12.9. The molecule has 1 fully saturated rings. The lowest BCUT2D eigenvalue weighted by molar-refractivity contribution is -0.172. The van der Waals surface area contributed by atoms with E-state index in [9.17, 15) is 9.59 Å². The van der Waals surface area contributed by atoms with Crippen molar-refractivity contribution in [3.63, 3.8) is 0 Å². The lowest BCUT2D eigenvalue weighted by Crippen LogP contribution is -2.55. The van der Waals surface area contributed by atoms with Crippen LogP contribution >= 0.6 is 0 Å². The van der Waals surface area contributed by atoms with Crippen LogP contribution in [0, 0.1) is 0 Å². The van der Waals surface area contributed by atoms with Gasteiger partial charge in [0.15, 0.2) is 6.10 Å². The molecule has 9 heteroatoms. The zero-order chi connectivity index (χ0) is 21.1. The van der Waals surface area contributed by atoms with Crippen molar-refractivity contribution in [2.24, 2.45) is 0 Å². The van der Waals surface area contributed by atoms with Gasteiger partial charge in [0.25, 0.3) is 5.91 Å². The minimum absolute atomic E-state index is 0.00518. The highest BCUT2D eigenvalue weighted by atomic mass is 16.5. The summed E-state index contributed by atoms with van der Waals surface area (Å²) in [6.45, 7) is 2.12. The predicted molar refractivity (Wildman–Crippen MR) is 110 cm³/mol. The molecule has 1 atom stereocenters. The Hall–Kier alpha value is -2.94. The summed E-state index contributed by atoms with van der Waals surface area (Å²) in [5, 5.41) is 3.00. The number of urea groups is 1. The third-order valence-corrected chi connectivity index (χ3v) is 5.83. The van der Waals surface area contributed by atoms with E-state index in [1.165, 1.54) is 0 Å². The largest absolute Gasteiger partial charge is 0.353 e. The lowest BCUT2D eigenvalue weighted by atomic mass is 9.88. The van der Waals surface area contributed by atoms with Crippen LogP contribution in [0.5, 0.6) is 0 Å². The van der Waals surface area contributed by atoms with Crippen LogP contribution in [0.25, 0.3) is 0 Å². The molecule has 0 aliphatic carbocycles. The first-order chi connectivity index (χ1) is 14.5. The number of aromatic nitrogens is 3. The Bertz CT molecular complexity index is 889. The number of hydrogen-bond donors (Lipinski definition) is 1. The molecule has 4 rings (SSSR count). The Morgan fingerprint density at radius 3 is 2.67 bits per heavy atom. The van der Waals surface area contributed by atoms with Gasteiger partial charge in [-0.15, -0.1) is 0 Å². The molecule has 160 valence electrons. The summed E-state index contributed by atoms with van der Waals surface area (Å²) in [4.78, 5) is 37.1. The van der Waals surface area contributed by atoms with Crippen LogP contribution in [0.15, 0.2) is 36.9 Å². The molecule has 1 saturated heterocycles. The summed E-state index contributed by atoms with van der Waals surface area (Å²) in [6, 6.07) is 3.88. The molecule has 2 aromatic heterocycles. The highest BCUT2D eigenvalue weighted by Crippen LogP contribution is 2.40. The van der Waals surface area contributed by atoms with Crippen LogP contribution in [0.2, 0.25) is 0 Å². The number of amides is 3. The van der Waals surface area contributed by atoms with Crippen molar-refractivity contribution in [1.82, 2.24) is 29.7 Å². The summed E-state index contributed by atoms with van der Waals surface area (Å²) in [6.07, 6.45) is 8.53. The van der Waals surface area contributed by atoms with Gasteiger partial charge in [0, 0.05) is 71.4 Å². The van der Waals surface area contributed by atoms with Crippen molar-refractivity contribution in [3.8, 4) is 0 Å². The summed E-state index contributed by atoms with van der Waals surface area (Å²) in [5.41, 5.74) is 0.485. The Kier molecular flexibility index (Phi) is 5.72. The predicted octanol–water partition coefficient (Wildman–Crippen LogP) is 1.01. The summed E-state index contributed by atoms with van der Waals surface area (Å²) in [5.74, 6) is 0.731. The van der Waals surface area contributed by atoms with E-state index in [1.807, 2.05) is 27.8 Å². The van der Waals surface area contributed by atoms with Gasteiger partial charge in [-0.2, -0.15) is 0 Å². The topological polar surface area (TPSA) is 92.6 Å². The molecule has 1 unspecified atom stereocenters. The van der Waals surface area contributed by atoms with E-state index < -0.39 is 11.7 Å². The van der Waals surface area contributed by atoms with Crippen molar-refractivity contribution in [3.05, 3.63) is 48.3 Å². The molecule has 0 aromatic carbocycles. The molecule has 9 nitrogen and oxygen atoms in total. The second kappa shape index (κ2) is 8.43. The van der Waals surface area contributed by atoms with E-state index in [0.717, 1.165) is 17.8 Å². The molecule has 1 N–H and O–H groups in total. The highest BCUT2D eigenvalue weighted by Gasteiger charge is 2.47. The van der Waals surface area contributed by atoms with Gasteiger partial charge in [0.05, 0.1) is 6.54 Å². The maximum Gasteiger partial charge on any atom is 0.319 e. The molecular weight excluding hydrogens is 384 g/mol. The summed E-state index contributed by atoms with van der Waals surface area (Å²) >= 11 is 0. The number of imidazole rings is 1. The fourth-order valence-electron chi connectivity index (χ4n) is 4.21. The fourth-order valence-corrected chi connectivity index (χ4v) is 4.21. The molecule has 4 heterocycles. The van der Waals surface area contributed by atoms with E-state index in [4.69, 9.17) is 4.74 Å². The molecule has 30 heavy (non-hydrogen) atoms. The highest BCUT2D eigenvalue weighted by molar-refractivity contribution is 5.81. The molecule has 0 radical (unpaired) electrons. The smallest absolute Gasteiger partial charge is 0.319 e. The molecule has 2 aliphatic heterocycles. The quantitative estimate of drug-likeness (QED) is 0.809. The van der Waals surface area contributed by atoms with E-state index in [1.54, 1.807) is 37.6 Å². The van der Waals surface area contributed by atoms with Gasteiger partial charge in [0.1, 0.15) is 11.4 Å². The van der Waals surface area contributed by atoms with Gasteiger partial charge in [-0.25, -0.2) is 9.78 Å². The minimum atomic E-state index is -0.641. The fraction of sp³-hybridized carbons (Fsp3) is 0.524. The number of ether oxygens (including phenoxy) is 1. The van der Waals surface area contributed by atoms with Crippen molar-refractivity contribution >= 4 is 11.9 Å². The van der Waals surface area contributed by atoms with Gasteiger partial charge in [-0.3, -0.25) is 9.78 Å². The van der Waals surface area contributed by atoms with Gasteiger partial charge in [-0.05, 0) is 24.1 Å². The van der Waals surface area contributed by atoms with Crippen molar-refractivity contribution in [1.29, 1.82) is 0 Å². The average Bonchev–Trinajstić information content (AvgIpc) is 3.24. The molecule has 1 spiro atoms. The number of pyridine rings is 1. The van der Waals surface area contributed by atoms with Crippen LogP contribution in [-0.4, -0.2) is 76.1 Å². The third kappa shape index (κ3) is 4.02. The zero-order valence-electron chi connectivity index (χ0n) is 17.5. The number of fused-ring (bicyclic) bond motifs is 2. The number of nitrogens with one attached hydrogen (secondary N) is 1. The van der Waals surface area contributed by atoms with E-state index >= 15 is 0 Å². The van der Waals surface area contributed by atoms with Crippen LogP contribution < -0.4 is 5.32 Å². The molecular formula is C21H28N6O3. The SMILES string of the molecule is CN(C)C(=O)N1CCC2(CC1)OC(C(=O)NCCc1ccncc1)Cn1ccnc12. The number of hydrogen-bond acceptors (Lipinski definition) is 5. The Labute approximate surface area is 176 Å². The van der Waals surface area contributed by atoms with Crippen LogP contribution in [0.4, 0.5) is 4.79 Å². The molecule has 3 amide bonds. The summed E-state index contributed by atoms with van der Waals surface area (Å²) < 4.78 is 8.41. The first kappa shape index (κ1) is 20.3. The first-order valence-electron chi connectivity index (χ1n) is 10.3. The van der Waals surface area contributed by atoms with Gasteiger partial charge in [-0.1, -0.05) is 0 Å². The Morgan fingerprint density at radius 2 is 1.97 bits per heavy atom. The van der Waals surface area contributed by atoms with Crippen molar-refractivity contribution < 1.29 is 14.3 Å². The molecule has 2 aliphatic rings. The van der Waals surface area contributed by atoms with Gasteiger partial charge >= 0.3 is 6.03 Å². The van der Waals surface area contributed by atoms with E-state index in [0.29, 0.717) is 39.0 Å². The minimum Gasteiger partial charge on any atom is -0.353 e. The van der Waals surface area contributed by atoms with Crippen LogP contribution in [0.3, 0.4) is 0 Å². The van der Waals surface area contributed by atoms with Crippen molar-refractivity contribution in [2.45, 2.75) is 37.5 Å². The average molecular weight is 412 g/mol. The maximum atomic E-state index is 12.9. The molecule has 0 saturated carbocycles. The second-order valence-corrected chi connectivity index (χ2v) is 8.06. The molecule has 2 aromatic rings. The van der Waals surface area contributed by atoms with Crippen molar-refractivity contribution in [2.75, 3.05) is 33.7 Å². The van der Waals surface area contributed by atoms with Gasteiger partial charge in [0.2, 0.25) is 0 Å². The number of nitrogens with zero attached hydrogens (tertiary/aromatic N) is 5. The number of likely N-dealkylation sites (tertiary alicyclic amines) is 1. The number of piperidine rings is 1. The van der Waals surface area contributed by atoms with Crippen LogP contribution in [-0.2, 0) is 28.1 Å². The lowest BCUT2D eigenvalue weighted by Gasteiger charge is -2.45. The first-order valence-corrected chi connectivity index (χ1v) is 10.3. The monoisotopic (exact) mass is 412 g/mol.